The third-order valence-corrected chi connectivity index (χ3v) is 4.16. The van der Waals surface area contributed by atoms with Crippen molar-refractivity contribution in [2.75, 3.05) is 0 Å². The summed E-state index contributed by atoms with van der Waals surface area (Å²) < 4.78 is 2.17. The topological polar surface area (TPSA) is 42.2 Å². The summed E-state index contributed by atoms with van der Waals surface area (Å²) in [6.07, 6.45) is 0.637. The van der Waals surface area contributed by atoms with E-state index in [0.717, 1.165) is 22.6 Å². The minimum atomic E-state index is -0.774. The molecular formula is C21H21NO2. The molecule has 0 aliphatic carbocycles. The maximum atomic E-state index is 11.0. The molecule has 24 heavy (non-hydrogen) atoms. The molecule has 0 amide bonds. The van der Waals surface area contributed by atoms with Gasteiger partial charge in [-0.25, -0.2) is 0 Å². The second-order valence-electron chi connectivity index (χ2n) is 6.14. The molecule has 122 valence electrons. The number of aliphatic carboxylic acids is 1. The molecule has 1 heterocycles. The molecule has 1 aromatic heterocycles. The van der Waals surface area contributed by atoms with Gasteiger partial charge in [-0.1, -0.05) is 42.0 Å². The number of carboxylic acid groups (broad SMARTS) is 1. The smallest absolute Gasteiger partial charge is 0.303 e. The van der Waals surface area contributed by atoms with Gasteiger partial charge in [0.05, 0.1) is 12.1 Å². The Bertz CT molecular complexity index is 860. The van der Waals surface area contributed by atoms with Gasteiger partial charge < -0.3 is 9.67 Å². The third-order valence-electron chi connectivity index (χ3n) is 4.16. The molecule has 2 aromatic carbocycles. The van der Waals surface area contributed by atoms with Crippen molar-refractivity contribution in [3.63, 3.8) is 0 Å². The summed E-state index contributed by atoms with van der Waals surface area (Å²) in [5, 5.41) is 9.03. The van der Waals surface area contributed by atoms with Gasteiger partial charge >= 0.3 is 5.97 Å². The number of benzene rings is 2. The predicted molar refractivity (Wildman–Crippen MR) is 96.6 cm³/mol. The molecule has 3 aromatic rings. The van der Waals surface area contributed by atoms with Crippen molar-refractivity contribution in [2.24, 2.45) is 0 Å². The van der Waals surface area contributed by atoms with Crippen LogP contribution in [0.15, 0.2) is 60.7 Å². The Labute approximate surface area is 142 Å². The maximum Gasteiger partial charge on any atom is 0.303 e. The zero-order chi connectivity index (χ0) is 17.1. The second kappa shape index (κ2) is 6.75. The highest BCUT2D eigenvalue weighted by Gasteiger charge is 2.13. The Morgan fingerprint density at radius 1 is 0.958 bits per heavy atom. The van der Waals surface area contributed by atoms with E-state index < -0.39 is 5.97 Å². The standard InChI is InChI=1S/C21H21NO2/c1-15-6-8-17(9-7-15)20-12-10-18(11-13-21(23)24)22(20)19-5-3-4-16(2)14-19/h3-10,12,14H,11,13H2,1-2H3,(H,23,24). The lowest BCUT2D eigenvalue weighted by molar-refractivity contribution is -0.136. The van der Waals surface area contributed by atoms with Crippen molar-refractivity contribution < 1.29 is 9.90 Å². The Hall–Kier alpha value is -2.81. The quantitative estimate of drug-likeness (QED) is 0.735. The fraction of sp³-hybridized carbons (Fsp3) is 0.190. The van der Waals surface area contributed by atoms with Gasteiger partial charge in [0.15, 0.2) is 0 Å². The molecule has 3 rings (SSSR count). The number of rotatable bonds is 5. The summed E-state index contributed by atoms with van der Waals surface area (Å²) in [5.74, 6) is -0.774. The predicted octanol–water partition coefficient (Wildman–Crippen LogP) is 4.78. The zero-order valence-electron chi connectivity index (χ0n) is 14.0. The van der Waals surface area contributed by atoms with Crippen LogP contribution < -0.4 is 0 Å². The minimum absolute atomic E-state index is 0.128. The van der Waals surface area contributed by atoms with E-state index in [2.05, 4.69) is 66.9 Å². The first-order valence-electron chi connectivity index (χ1n) is 8.11. The average Bonchev–Trinajstić information content (AvgIpc) is 2.97. The third kappa shape index (κ3) is 3.40. The first kappa shape index (κ1) is 16.1. The molecule has 3 heteroatoms. The van der Waals surface area contributed by atoms with E-state index in [1.807, 2.05) is 12.1 Å². The normalized spacial score (nSPS) is 10.8. The highest BCUT2D eigenvalue weighted by molar-refractivity contribution is 5.68. The Kier molecular flexibility index (Phi) is 4.52. The lowest BCUT2D eigenvalue weighted by Gasteiger charge is -2.14. The summed E-state index contributed by atoms with van der Waals surface area (Å²) in [4.78, 5) is 11.0. The molecule has 0 saturated carbocycles. The van der Waals surface area contributed by atoms with Gasteiger partial charge in [-0.3, -0.25) is 4.79 Å². The zero-order valence-corrected chi connectivity index (χ0v) is 14.0. The lowest BCUT2D eigenvalue weighted by atomic mass is 10.1. The molecule has 0 aliphatic heterocycles. The molecule has 0 fully saturated rings. The van der Waals surface area contributed by atoms with Crippen LogP contribution in [0.25, 0.3) is 16.9 Å². The summed E-state index contributed by atoms with van der Waals surface area (Å²) in [6.45, 7) is 4.14. The summed E-state index contributed by atoms with van der Waals surface area (Å²) >= 11 is 0. The van der Waals surface area contributed by atoms with Gasteiger partial charge in [-0.2, -0.15) is 0 Å². The number of nitrogens with zero attached hydrogens (tertiary/aromatic N) is 1. The van der Waals surface area contributed by atoms with Crippen LogP contribution in [-0.4, -0.2) is 15.6 Å². The molecule has 0 atom stereocenters. The molecule has 0 bridgehead atoms. The Morgan fingerprint density at radius 3 is 2.38 bits per heavy atom. The Balaban J connectivity index is 2.12. The van der Waals surface area contributed by atoms with Crippen LogP contribution in [0.4, 0.5) is 0 Å². The number of hydrogen-bond acceptors (Lipinski definition) is 1. The van der Waals surface area contributed by atoms with Gasteiger partial charge in [0.2, 0.25) is 0 Å². The van der Waals surface area contributed by atoms with E-state index in [4.69, 9.17) is 5.11 Å². The van der Waals surface area contributed by atoms with Crippen LogP contribution in [0.3, 0.4) is 0 Å². The van der Waals surface area contributed by atoms with E-state index >= 15 is 0 Å². The van der Waals surface area contributed by atoms with E-state index in [1.54, 1.807) is 0 Å². The van der Waals surface area contributed by atoms with Crippen molar-refractivity contribution in [3.8, 4) is 16.9 Å². The highest BCUT2D eigenvalue weighted by Crippen LogP contribution is 2.28. The minimum Gasteiger partial charge on any atom is -0.481 e. The van der Waals surface area contributed by atoms with E-state index in [9.17, 15) is 4.79 Å². The molecule has 0 aliphatic rings. The molecule has 3 nitrogen and oxygen atoms in total. The molecular weight excluding hydrogens is 298 g/mol. The molecule has 0 spiro atoms. The van der Waals surface area contributed by atoms with Gasteiger partial charge in [0.25, 0.3) is 0 Å². The van der Waals surface area contributed by atoms with Crippen LogP contribution in [0.2, 0.25) is 0 Å². The number of aryl methyl sites for hydroxylation is 3. The van der Waals surface area contributed by atoms with Crippen molar-refractivity contribution >= 4 is 5.97 Å². The summed E-state index contributed by atoms with van der Waals surface area (Å²) in [7, 11) is 0. The summed E-state index contributed by atoms with van der Waals surface area (Å²) in [6, 6.07) is 20.8. The average molecular weight is 319 g/mol. The maximum absolute atomic E-state index is 11.0. The van der Waals surface area contributed by atoms with Gasteiger partial charge in [0.1, 0.15) is 0 Å². The van der Waals surface area contributed by atoms with Crippen molar-refractivity contribution in [1.29, 1.82) is 0 Å². The van der Waals surface area contributed by atoms with Crippen molar-refractivity contribution in [3.05, 3.63) is 77.5 Å². The lowest BCUT2D eigenvalue weighted by Crippen LogP contribution is -2.05. The van der Waals surface area contributed by atoms with Crippen LogP contribution in [0.5, 0.6) is 0 Å². The van der Waals surface area contributed by atoms with Crippen LogP contribution in [0.1, 0.15) is 23.2 Å². The number of carbonyl (C=O) groups is 1. The van der Waals surface area contributed by atoms with Gasteiger partial charge in [0, 0.05) is 11.4 Å². The first-order valence-corrected chi connectivity index (χ1v) is 8.11. The SMILES string of the molecule is Cc1ccc(-c2ccc(CCC(=O)O)n2-c2cccc(C)c2)cc1. The number of carboxylic acids is 1. The Morgan fingerprint density at radius 2 is 1.71 bits per heavy atom. The van der Waals surface area contributed by atoms with Crippen LogP contribution >= 0.6 is 0 Å². The molecule has 1 N–H and O–H groups in total. The fourth-order valence-electron chi connectivity index (χ4n) is 2.93. The second-order valence-corrected chi connectivity index (χ2v) is 6.14. The number of aromatic nitrogens is 1. The van der Waals surface area contributed by atoms with Crippen LogP contribution in [0, 0.1) is 13.8 Å². The molecule has 0 unspecified atom stereocenters. The first-order chi connectivity index (χ1) is 11.5. The largest absolute Gasteiger partial charge is 0.481 e. The summed E-state index contributed by atoms with van der Waals surface area (Å²) in [5.41, 5.74) is 6.69. The van der Waals surface area contributed by atoms with E-state index in [-0.39, 0.29) is 6.42 Å². The van der Waals surface area contributed by atoms with E-state index in [1.165, 1.54) is 11.1 Å². The monoisotopic (exact) mass is 319 g/mol. The number of hydrogen-bond donors (Lipinski definition) is 1. The molecule has 0 radical (unpaired) electrons. The van der Waals surface area contributed by atoms with Gasteiger partial charge in [-0.05, 0) is 55.7 Å². The fourth-order valence-corrected chi connectivity index (χ4v) is 2.93. The molecule has 0 saturated heterocycles. The van der Waals surface area contributed by atoms with Gasteiger partial charge in [-0.15, -0.1) is 0 Å². The van der Waals surface area contributed by atoms with Crippen LogP contribution in [-0.2, 0) is 11.2 Å². The van der Waals surface area contributed by atoms with Crippen molar-refractivity contribution in [1.82, 2.24) is 4.57 Å². The van der Waals surface area contributed by atoms with Crippen molar-refractivity contribution in [2.45, 2.75) is 26.7 Å². The highest BCUT2D eigenvalue weighted by atomic mass is 16.4. The van der Waals surface area contributed by atoms with E-state index in [0.29, 0.717) is 6.42 Å².